The Morgan fingerprint density at radius 1 is 0.463 bits per heavy atom. The normalized spacial score (nSPS) is 12.4. The van der Waals surface area contributed by atoms with E-state index < -0.39 is 56.1 Å². The third-order valence-electron chi connectivity index (χ3n) is 8.40. The van der Waals surface area contributed by atoms with Crippen LogP contribution in [-0.4, -0.2) is 62.9 Å². The van der Waals surface area contributed by atoms with E-state index in [1.165, 1.54) is 62.6 Å². The van der Waals surface area contributed by atoms with E-state index in [-0.39, 0.29) is 21.2 Å². The van der Waals surface area contributed by atoms with Crippen molar-refractivity contribution in [3.63, 3.8) is 0 Å². The van der Waals surface area contributed by atoms with Crippen LogP contribution in [0.4, 0.5) is 27.5 Å². The average molecular weight is 809 g/mol. The summed E-state index contributed by atoms with van der Waals surface area (Å²) in [6.07, 6.45) is 0. The van der Waals surface area contributed by atoms with E-state index in [1.807, 2.05) is 0 Å². The molecule has 0 atom stereocenters. The average Bonchev–Trinajstić information content (AvgIpc) is 3.12. The second-order valence-electron chi connectivity index (χ2n) is 11.9. The van der Waals surface area contributed by atoms with Crippen molar-refractivity contribution in [2.24, 2.45) is 0 Å². The number of rotatable bonds is 10. The molecule has 280 valence electrons. The van der Waals surface area contributed by atoms with Gasteiger partial charge in [0.15, 0.2) is 0 Å². The molecule has 0 aliphatic heterocycles. The molecule has 0 radical (unpaired) electrons. The van der Waals surface area contributed by atoms with Crippen LogP contribution >= 0.6 is 0 Å². The highest BCUT2D eigenvalue weighted by molar-refractivity contribution is 7.93. The van der Waals surface area contributed by atoms with E-state index in [1.54, 1.807) is 48.5 Å². The fourth-order valence-corrected chi connectivity index (χ4v) is 8.95. The summed E-state index contributed by atoms with van der Waals surface area (Å²) in [6, 6.07) is 26.9. The monoisotopic (exact) mass is 808 g/mol. The predicted molar refractivity (Wildman–Crippen MR) is 201 cm³/mol. The molecule has 6 aromatic carbocycles. The Hall–Kier alpha value is -5.57. The van der Waals surface area contributed by atoms with Gasteiger partial charge in [-0.2, -0.15) is 0 Å². The van der Waals surface area contributed by atoms with E-state index >= 15 is 0 Å². The van der Waals surface area contributed by atoms with Crippen LogP contribution in [0.1, 0.15) is 0 Å². The number of nitrogens with zero attached hydrogens (tertiary/aromatic N) is 2. The molecule has 6 rings (SSSR count). The van der Waals surface area contributed by atoms with Crippen molar-refractivity contribution in [1.29, 1.82) is 0 Å². The van der Waals surface area contributed by atoms with Crippen molar-refractivity contribution in [2.75, 3.05) is 33.3 Å². The lowest BCUT2D eigenvalue weighted by atomic mass is 10.1. The number of hydrogen-bond acceptors (Lipinski definition) is 11. The van der Waals surface area contributed by atoms with Crippen LogP contribution in [-0.2, 0) is 40.3 Å². The Bertz CT molecular complexity index is 2740. The minimum Gasteiger partial charge on any atom is -0.744 e. The molecule has 6 aromatic rings. The first-order chi connectivity index (χ1) is 25.2. The number of fused-ring (bicyclic) bond motifs is 2. The number of amides is 2. The molecule has 0 saturated carbocycles. The summed E-state index contributed by atoms with van der Waals surface area (Å²) in [7, 11) is -15.6. The number of carbonyl (C=O) groups is 1. The van der Waals surface area contributed by atoms with Crippen molar-refractivity contribution in [1.82, 2.24) is 0 Å². The summed E-state index contributed by atoms with van der Waals surface area (Å²) in [5, 5.41) is 7.55. The van der Waals surface area contributed by atoms with Crippen molar-refractivity contribution in [3.8, 4) is 0 Å². The number of carbonyl (C=O) groups excluding carboxylic acids is 1. The third kappa shape index (κ3) is 7.86. The molecule has 0 saturated heterocycles. The maximum absolute atomic E-state index is 13.5. The molecular formula is C35H28N4O11S4-2. The van der Waals surface area contributed by atoms with E-state index in [4.69, 9.17) is 0 Å². The zero-order chi connectivity index (χ0) is 39.2. The van der Waals surface area contributed by atoms with Gasteiger partial charge in [-0.25, -0.2) is 38.5 Å². The first kappa shape index (κ1) is 38.2. The van der Waals surface area contributed by atoms with Crippen LogP contribution in [0.15, 0.2) is 141 Å². The van der Waals surface area contributed by atoms with Gasteiger partial charge in [-0.1, -0.05) is 36.4 Å². The lowest BCUT2D eigenvalue weighted by Gasteiger charge is -2.21. The number of anilines is 4. The van der Waals surface area contributed by atoms with E-state index in [0.29, 0.717) is 32.9 Å². The van der Waals surface area contributed by atoms with Crippen molar-refractivity contribution < 1.29 is 47.6 Å². The molecule has 0 bridgehead atoms. The lowest BCUT2D eigenvalue weighted by Crippen LogP contribution is -2.26. The zero-order valence-corrected chi connectivity index (χ0v) is 31.3. The number of nitrogens with one attached hydrogen (secondary N) is 2. The van der Waals surface area contributed by atoms with Crippen LogP contribution in [0.3, 0.4) is 0 Å². The summed E-state index contributed by atoms with van der Waals surface area (Å²) in [5.74, 6) is 0. The van der Waals surface area contributed by atoms with E-state index in [9.17, 15) is 47.6 Å². The maximum Gasteiger partial charge on any atom is 0.323 e. The second kappa shape index (κ2) is 14.0. The van der Waals surface area contributed by atoms with Gasteiger partial charge in [0.25, 0.3) is 20.0 Å². The van der Waals surface area contributed by atoms with Gasteiger partial charge in [0.1, 0.15) is 20.2 Å². The molecular weight excluding hydrogens is 781 g/mol. The molecule has 19 heteroatoms. The Kier molecular flexibility index (Phi) is 9.90. The zero-order valence-electron chi connectivity index (χ0n) is 28.1. The lowest BCUT2D eigenvalue weighted by molar-refractivity contribution is 0.262. The van der Waals surface area contributed by atoms with Crippen LogP contribution in [0.25, 0.3) is 21.5 Å². The number of hydrogen-bond donors (Lipinski definition) is 2. The molecule has 15 nitrogen and oxygen atoms in total. The molecule has 0 unspecified atom stereocenters. The first-order valence-electron chi connectivity index (χ1n) is 15.5. The van der Waals surface area contributed by atoms with Crippen molar-refractivity contribution in [2.45, 2.75) is 19.6 Å². The standard InChI is InChI=1S/C35H30N4O11S4/c1-38(29-5-3-7-33(21-29)53(45,46)47)51(41,42)31-15-11-23-9-13-27(17-25(23)19-31)36-35(40)37-28-14-10-24-12-16-32(20-26(24)18-28)52(43,44)39(2)30-6-4-8-34(22-30)54(48,49)50/h3-22H,1-2H3,(H2,36,37,40)(H,45,46,47)(H,48,49,50)/p-2. The SMILES string of the molecule is CN(c1cccc(S(=O)(=O)[O-])c1)S(=O)(=O)c1ccc2ccc(NC(=O)Nc3ccc4ccc(S(=O)(=O)N(C)c5cccc(S(=O)(=O)[O-])c5)cc4c3)cc2c1. The molecule has 0 fully saturated rings. The third-order valence-corrected chi connectivity index (χ3v) is 13.6. The molecule has 0 aliphatic carbocycles. The fourth-order valence-electron chi connectivity index (χ4n) is 5.48. The summed E-state index contributed by atoms with van der Waals surface area (Å²) in [6.45, 7) is 0. The van der Waals surface area contributed by atoms with Crippen molar-refractivity contribution in [3.05, 3.63) is 121 Å². The Labute approximate surface area is 311 Å². The van der Waals surface area contributed by atoms with Crippen LogP contribution < -0.4 is 19.2 Å². The largest absolute Gasteiger partial charge is 0.744 e. The van der Waals surface area contributed by atoms with E-state index in [0.717, 1.165) is 32.9 Å². The van der Waals surface area contributed by atoms with Gasteiger partial charge < -0.3 is 19.7 Å². The number of urea groups is 1. The minimum absolute atomic E-state index is 0.0417. The maximum atomic E-state index is 13.5. The quantitative estimate of drug-likeness (QED) is 0.173. The van der Waals surface area contributed by atoms with Crippen molar-refractivity contribution >= 4 is 90.6 Å². The van der Waals surface area contributed by atoms with Gasteiger partial charge in [0.2, 0.25) is 0 Å². The topological polar surface area (TPSA) is 230 Å². The fraction of sp³-hybridized carbons (Fsp3) is 0.0571. The Balaban J connectivity index is 1.20. The summed E-state index contributed by atoms with van der Waals surface area (Å²) < 4.78 is 124. The second-order valence-corrected chi connectivity index (χ2v) is 18.6. The van der Waals surface area contributed by atoms with Gasteiger partial charge in [-0.05, 0) is 106 Å². The Morgan fingerprint density at radius 2 is 0.833 bits per heavy atom. The predicted octanol–water partition coefficient (Wildman–Crippen LogP) is 5.10. The van der Waals surface area contributed by atoms with Crippen LogP contribution in [0.5, 0.6) is 0 Å². The number of benzene rings is 6. The molecule has 0 aliphatic rings. The van der Waals surface area contributed by atoms with Gasteiger partial charge in [0, 0.05) is 25.5 Å². The highest BCUT2D eigenvalue weighted by atomic mass is 32.2. The summed E-state index contributed by atoms with van der Waals surface area (Å²) >= 11 is 0. The summed E-state index contributed by atoms with van der Waals surface area (Å²) in [5.41, 5.74) is 0.532. The molecule has 0 spiro atoms. The molecule has 0 aromatic heterocycles. The van der Waals surface area contributed by atoms with Crippen LogP contribution in [0, 0.1) is 0 Å². The minimum atomic E-state index is -4.82. The number of sulfonamides is 2. The van der Waals surface area contributed by atoms with Crippen LogP contribution in [0.2, 0.25) is 0 Å². The highest BCUT2D eigenvalue weighted by Gasteiger charge is 2.24. The molecule has 2 amide bonds. The van der Waals surface area contributed by atoms with Gasteiger partial charge in [-0.15, -0.1) is 0 Å². The smallest absolute Gasteiger partial charge is 0.323 e. The summed E-state index contributed by atoms with van der Waals surface area (Å²) in [4.78, 5) is 11.6. The molecule has 2 N–H and O–H groups in total. The molecule has 0 heterocycles. The van der Waals surface area contributed by atoms with Gasteiger partial charge >= 0.3 is 6.03 Å². The molecule has 54 heavy (non-hydrogen) atoms. The van der Waals surface area contributed by atoms with Gasteiger partial charge in [-0.3, -0.25) is 8.61 Å². The van der Waals surface area contributed by atoms with E-state index in [2.05, 4.69) is 10.6 Å². The highest BCUT2D eigenvalue weighted by Crippen LogP contribution is 2.30. The van der Waals surface area contributed by atoms with Gasteiger partial charge in [0.05, 0.1) is 31.0 Å². The first-order valence-corrected chi connectivity index (χ1v) is 21.2. The Morgan fingerprint density at radius 3 is 1.20 bits per heavy atom.